The average Bonchev–Trinajstić information content (AvgIpc) is 3.32. The maximum atomic E-state index is 12.1. The van der Waals surface area contributed by atoms with Crippen LogP contribution < -0.4 is 10.2 Å². The Balaban J connectivity index is 1.70. The van der Waals surface area contributed by atoms with Gasteiger partial charge in [0.15, 0.2) is 0 Å². The van der Waals surface area contributed by atoms with Crippen molar-refractivity contribution in [2.75, 3.05) is 16.8 Å². The Kier molecular flexibility index (Phi) is 4.32. The normalized spacial score (nSPS) is 16.9. The molecule has 122 valence electrons. The maximum Gasteiger partial charge on any atom is 0.303 e. The highest BCUT2D eigenvalue weighted by Gasteiger charge is 2.30. The Hall–Kier alpha value is -2.37. The second-order valence-corrected chi connectivity index (χ2v) is 6.23. The van der Waals surface area contributed by atoms with Crippen LogP contribution in [-0.2, 0) is 20.8 Å². The molecule has 6 nitrogen and oxygen atoms in total. The molecule has 0 unspecified atom stereocenters. The van der Waals surface area contributed by atoms with E-state index in [1.165, 1.54) is 12.8 Å². The van der Waals surface area contributed by atoms with E-state index in [-0.39, 0.29) is 24.7 Å². The van der Waals surface area contributed by atoms with Gasteiger partial charge in [-0.3, -0.25) is 14.4 Å². The molecule has 6 heteroatoms. The van der Waals surface area contributed by atoms with E-state index < -0.39 is 5.97 Å². The number of carbonyl (C=O) groups is 3. The van der Waals surface area contributed by atoms with Gasteiger partial charge in [-0.25, -0.2) is 0 Å². The number of anilines is 2. The molecule has 2 amide bonds. The quantitative estimate of drug-likeness (QED) is 0.842. The molecular formula is C17H20N2O4. The van der Waals surface area contributed by atoms with Crippen LogP contribution in [0.3, 0.4) is 0 Å². The number of nitrogens with one attached hydrogen (secondary N) is 1. The molecule has 0 saturated heterocycles. The lowest BCUT2D eigenvalue weighted by Crippen LogP contribution is -2.36. The third kappa shape index (κ3) is 3.88. The van der Waals surface area contributed by atoms with Crippen LogP contribution >= 0.6 is 0 Å². The van der Waals surface area contributed by atoms with E-state index in [0.29, 0.717) is 24.4 Å². The third-order valence-electron chi connectivity index (χ3n) is 4.27. The molecular weight excluding hydrogens is 296 g/mol. The van der Waals surface area contributed by atoms with E-state index >= 15 is 0 Å². The molecule has 1 aromatic carbocycles. The first kappa shape index (κ1) is 15.5. The lowest BCUT2D eigenvalue weighted by molar-refractivity contribution is -0.138. The Morgan fingerprint density at radius 3 is 2.70 bits per heavy atom. The summed E-state index contributed by atoms with van der Waals surface area (Å²) in [5.41, 5.74) is 2.65. The number of aliphatic carboxylic acids is 1. The highest BCUT2D eigenvalue weighted by Crippen LogP contribution is 2.36. The summed E-state index contributed by atoms with van der Waals surface area (Å²) in [6.07, 6.45) is 3.33. The number of benzene rings is 1. The van der Waals surface area contributed by atoms with Crippen molar-refractivity contribution in [2.24, 2.45) is 5.92 Å². The minimum Gasteiger partial charge on any atom is -0.481 e. The van der Waals surface area contributed by atoms with Crippen molar-refractivity contribution in [3.8, 4) is 0 Å². The van der Waals surface area contributed by atoms with Crippen LogP contribution in [0.4, 0.5) is 11.4 Å². The number of carbonyl (C=O) groups excluding carboxylic acids is 2. The number of carboxylic acids is 1. The second kappa shape index (κ2) is 6.40. The predicted molar refractivity (Wildman–Crippen MR) is 85.3 cm³/mol. The van der Waals surface area contributed by atoms with Crippen LogP contribution in [-0.4, -0.2) is 29.4 Å². The molecule has 1 aliphatic carbocycles. The van der Waals surface area contributed by atoms with Gasteiger partial charge >= 0.3 is 5.97 Å². The minimum atomic E-state index is -0.986. The Morgan fingerprint density at radius 2 is 2.00 bits per heavy atom. The van der Waals surface area contributed by atoms with E-state index in [4.69, 9.17) is 5.11 Å². The van der Waals surface area contributed by atoms with Gasteiger partial charge in [0.25, 0.3) is 0 Å². The highest BCUT2D eigenvalue weighted by molar-refractivity contribution is 5.98. The van der Waals surface area contributed by atoms with Crippen LogP contribution in [0.2, 0.25) is 0 Å². The third-order valence-corrected chi connectivity index (χ3v) is 4.27. The molecule has 0 atom stereocenters. The van der Waals surface area contributed by atoms with Gasteiger partial charge < -0.3 is 15.3 Å². The zero-order valence-electron chi connectivity index (χ0n) is 12.9. The topological polar surface area (TPSA) is 86.7 Å². The molecule has 1 aliphatic heterocycles. The zero-order chi connectivity index (χ0) is 16.4. The fraction of sp³-hybridized carbons (Fsp3) is 0.471. The molecule has 0 spiro atoms. The van der Waals surface area contributed by atoms with Crippen molar-refractivity contribution in [3.05, 3.63) is 23.8 Å². The van der Waals surface area contributed by atoms with E-state index in [0.717, 1.165) is 17.8 Å². The molecule has 23 heavy (non-hydrogen) atoms. The molecule has 2 N–H and O–H groups in total. The molecule has 1 fully saturated rings. The van der Waals surface area contributed by atoms with E-state index in [9.17, 15) is 14.4 Å². The lowest BCUT2D eigenvalue weighted by atomic mass is 10.00. The van der Waals surface area contributed by atoms with Gasteiger partial charge in [-0.05, 0) is 48.9 Å². The number of rotatable bonds is 6. The van der Waals surface area contributed by atoms with Crippen molar-refractivity contribution in [1.82, 2.24) is 0 Å². The highest BCUT2D eigenvalue weighted by atomic mass is 16.4. The molecule has 0 bridgehead atoms. The fourth-order valence-corrected chi connectivity index (χ4v) is 2.84. The number of hydrogen-bond donors (Lipinski definition) is 2. The average molecular weight is 316 g/mol. The Morgan fingerprint density at radius 1 is 1.22 bits per heavy atom. The summed E-state index contributed by atoms with van der Waals surface area (Å²) >= 11 is 0. The number of fused-ring (bicyclic) bond motifs is 1. The van der Waals surface area contributed by atoms with Crippen LogP contribution in [0.15, 0.2) is 18.2 Å². The van der Waals surface area contributed by atoms with E-state index in [1.54, 1.807) is 6.07 Å². The van der Waals surface area contributed by atoms with Crippen molar-refractivity contribution >= 4 is 29.2 Å². The molecule has 1 saturated carbocycles. The molecule has 3 rings (SSSR count). The summed E-state index contributed by atoms with van der Waals surface area (Å²) in [4.78, 5) is 36.2. The molecule has 1 aromatic rings. The van der Waals surface area contributed by atoms with Crippen molar-refractivity contribution in [3.63, 3.8) is 0 Å². The van der Waals surface area contributed by atoms with Crippen molar-refractivity contribution in [2.45, 2.75) is 38.5 Å². The van der Waals surface area contributed by atoms with Crippen LogP contribution in [0.1, 0.15) is 37.7 Å². The SMILES string of the molecule is O=C(O)CCC(=O)Nc1ccc2c(c1)CCC(=O)N2CC1CC1. The van der Waals surface area contributed by atoms with Crippen molar-refractivity contribution < 1.29 is 19.5 Å². The van der Waals surface area contributed by atoms with Gasteiger partial charge in [-0.2, -0.15) is 0 Å². The summed E-state index contributed by atoms with van der Waals surface area (Å²) in [7, 11) is 0. The first-order chi connectivity index (χ1) is 11.0. The smallest absolute Gasteiger partial charge is 0.303 e. The summed E-state index contributed by atoms with van der Waals surface area (Å²) in [5.74, 6) is -0.503. The predicted octanol–water partition coefficient (Wildman–Crippen LogP) is 2.18. The zero-order valence-corrected chi connectivity index (χ0v) is 12.9. The number of nitrogens with zero attached hydrogens (tertiary/aromatic N) is 1. The maximum absolute atomic E-state index is 12.1. The summed E-state index contributed by atoms with van der Waals surface area (Å²) in [5, 5.41) is 11.3. The fourth-order valence-electron chi connectivity index (χ4n) is 2.84. The molecule has 0 radical (unpaired) electrons. The monoisotopic (exact) mass is 316 g/mol. The van der Waals surface area contributed by atoms with Gasteiger partial charge in [-0.15, -0.1) is 0 Å². The first-order valence-corrected chi connectivity index (χ1v) is 7.98. The van der Waals surface area contributed by atoms with Gasteiger partial charge in [-0.1, -0.05) is 0 Å². The first-order valence-electron chi connectivity index (χ1n) is 7.98. The Bertz CT molecular complexity index is 652. The van der Waals surface area contributed by atoms with Crippen LogP contribution in [0.25, 0.3) is 0 Å². The van der Waals surface area contributed by atoms with E-state index in [1.807, 2.05) is 17.0 Å². The summed E-state index contributed by atoms with van der Waals surface area (Å²) in [6.45, 7) is 0.788. The number of carboxylic acid groups (broad SMARTS) is 1. The minimum absolute atomic E-state index is 0.0429. The van der Waals surface area contributed by atoms with Crippen LogP contribution in [0.5, 0.6) is 0 Å². The molecule has 0 aromatic heterocycles. The number of hydrogen-bond acceptors (Lipinski definition) is 3. The largest absolute Gasteiger partial charge is 0.481 e. The van der Waals surface area contributed by atoms with Gasteiger partial charge in [0.1, 0.15) is 0 Å². The standard InChI is InChI=1S/C17H20N2O4/c20-15(6-8-17(22)23)18-13-4-5-14-12(9-13)3-7-16(21)19(14)10-11-1-2-11/h4-5,9,11H,1-3,6-8,10H2,(H,18,20)(H,22,23). The summed E-state index contributed by atoms with van der Waals surface area (Å²) in [6, 6.07) is 5.54. The second-order valence-electron chi connectivity index (χ2n) is 6.23. The number of amides is 2. The molecule has 1 heterocycles. The van der Waals surface area contributed by atoms with E-state index in [2.05, 4.69) is 5.32 Å². The van der Waals surface area contributed by atoms with Gasteiger partial charge in [0, 0.05) is 30.8 Å². The van der Waals surface area contributed by atoms with Crippen LogP contribution in [0, 0.1) is 5.92 Å². The van der Waals surface area contributed by atoms with Crippen molar-refractivity contribution in [1.29, 1.82) is 0 Å². The molecule has 2 aliphatic rings. The van der Waals surface area contributed by atoms with Gasteiger partial charge in [0.05, 0.1) is 6.42 Å². The lowest BCUT2D eigenvalue weighted by Gasteiger charge is -2.30. The Labute approximate surface area is 134 Å². The summed E-state index contributed by atoms with van der Waals surface area (Å²) < 4.78 is 0. The van der Waals surface area contributed by atoms with Gasteiger partial charge in [0.2, 0.25) is 11.8 Å². The number of aryl methyl sites for hydroxylation is 1.